The van der Waals surface area contributed by atoms with E-state index in [1.54, 1.807) is 0 Å². The number of carbonyl (C=O) groups is 1. The van der Waals surface area contributed by atoms with Crippen LogP contribution in [0.3, 0.4) is 0 Å². The van der Waals surface area contributed by atoms with Gasteiger partial charge in [0.25, 0.3) is 0 Å². The lowest BCUT2D eigenvalue weighted by Crippen LogP contribution is -2.40. The molecular weight excluding hydrogens is 170 g/mol. The van der Waals surface area contributed by atoms with Crippen molar-refractivity contribution < 1.29 is 14.6 Å². The van der Waals surface area contributed by atoms with E-state index in [0.29, 0.717) is 6.54 Å². The summed E-state index contributed by atoms with van der Waals surface area (Å²) >= 11 is 0. The van der Waals surface area contributed by atoms with Gasteiger partial charge in [-0.05, 0) is 25.9 Å². The molecule has 0 saturated carbocycles. The normalized spacial score (nSPS) is 21.1. The Bertz CT molecular complexity index is 166. The van der Waals surface area contributed by atoms with Gasteiger partial charge in [-0.25, -0.2) is 4.79 Å². The fraction of sp³-hybridized carbons (Fsp3) is 0.889. The number of aliphatic hydroxyl groups excluding tert-OH is 1. The van der Waals surface area contributed by atoms with Gasteiger partial charge < -0.3 is 14.7 Å². The summed E-state index contributed by atoms with van der Waals surface area (Å²) in [5, 5.41) is 9.35. The first-order valence-electron chi connectivity index (χ1n) is 4.72. The molecular formula is C9H17NO3. The van der Waals surface area contributed by atoms with Crippen molar-refractivity contribution in [2.45, 2.75) is 25.4 Å². The molecule has 0 amide bonds. The van der Waals surface area contributed by atoms with Crippen LogP contribution in [0.1, 0.15) is 19.3 Å². The van der Waals surface area contributed by atoms with Crippen molar-refractivity contribution >= 4 is 5.97 Å². The van der Waals surface area contributed by atoms with Gasteiger partial charge in [-0.15, -0.1) is 0 Å². The summed E-state index contributed by atoms with van der Waals surface area (Å²) in [6.45, 7) is 2.37. The summed E-state index contributed by atoms with van der Waals surface area (Å²) < 4.78 is 4.44. The Morgan fingerprint density at radius 3 is 2.62 bits per heavy atom. The minimum atomic E-state index is -0.983. The monoisotopic (exact) mass is 187 g/mol. The maximum absolute atomic E-state index is 10.9. The standard InChI is InChI=1S/C9H17NO3/c1-13-9(12)8(11)7-10-5-3-2-4-6-10/h8,11H,2-7H2,1H3. The molecule has 0 aromatic heterocycles. The van der Waals surface area contributed by atoms with Crippen LogP contribution in [-0.2, 0) is 9.53 Å². The second kappa shape index (κ2) is 5.19. The fourth-order valence-corrected chi connectivity index (χ4v) is 1.60. The van der Waals surface area contributed by atoms with Crippen molar-refractivity contribution in [3.63, 3.8) is 0 Å². The molecule has 1 fully saturated rings. The number of hydrogen-bond donors (Lipinski definition) is 1. The summed E-state index contributed by atoms with van der Waals surface area (Å²) in [6, 6.07) is 0. The number of rotatable bonds is 3. The predicted octanol–water partition coefficient (Wildman–Crippen LogP) is 0.00620. The molecule has 13 heavy (non-hydrogen) atoms. The van der Waals surface area contributed by atoms with Crippen LogP contribution in [-0.4, -0.2) is 48.8 Å². The number of likely N-dealkylation sites (tertiary alicyclic amines) is 1. The molecule has 0 aromatic carbocycles. The van der Waals surface area contributed by atoms with Crippen LogP contribution < -0.4 is 0 Å². The van der Waals surface area contributed by atoms with E-state index >= 15 is 0 Å². The minimum absolute atomic E-state index is 0.409. The first-order chi connectivity index (χ1) is 6.24. The van der Waals surface area contributed by atoms with Crippen molar-refractivity contribution in [1.29, 1.82) is 0 Å². The maximum Gasteiger partial charge on any atom is 0.336 e. The van der Waals surface area contributed by atoms with Crippen LogP contribution in [0.25, 0.3) is 0 Å². The van der Waals surface area contributed by atoms with Gasteiger partial charge in [0.1, 0.15) is 0 Å². The molecule has 1 saturated heterocycles. The number of nitrogens with zero attached hydrogens (tertiary/aromatic N) is 1. The zero-order valence-electron chi connectivity index (χ0n) is 8.03. The van der Waals surface area contributed by atoms with Gasteiger partial charge in [0, 0.05) is 6.54 Å². The third kappa shape index (κ3) is 3.32. The highest BCUT2D eigenvalue weighted by atomic mass is 16.5. The van der Waals surface area contributed by atoms with E-state index in [0.717, 1.165) is 25.9 Å². The molecule has 1 heterocycles. The number of hydrogen-bond acceptors (Lipinski definition) is 4. The highest BCUT2D eigenvalue weighted by Gasteiger charge is 2.20. The number of piperidine rings is 1. The number of carbonyl (C=O) groups excluding carboxylic acids is 1. The van der Waals surface area contributed by atoms with Crippen LogP contribution in [0.2, 0.25) is 0 Å². The Hall–Kier alpha value is -0.610. The van der Waals surface area contributed by atoms with Crippen molar-refractivity contribution in [3.05, 3.63) is 0 Å². The second-order valence-corrected chi connectivity index (χ2v) is 3.40. The van der Waals surface area contributed by atoms with Crippen LogP contribution >= 0.6 is 0 Å². The number of aliphatic hydroxyl groups is 1. The molecule has 1 aliphatic heterocycles. The van der Waals surface area contributed by atoms with Gasteiger partial charge in [0.2, 0.25) is 0 Å². The average molecular weight is 187 g/mol. The molecule has 4 heteroatoms. The lowest BCUT2D eigenvalue weighted by Gasteiger charge is -2.27. The summed E-state index contributed by atoms with van der Waals surface area (Å²) in [7, 11) is 1.29. The first kappa shape index (κ1) is 10.5. The summed E-state index contributed by atoms with van der Waals surface area (Å²) in [5.41, 5.74) is 0. The van der Waals surface area contributed by atoms with Gasteiger partial charge in [0.15, 0.2) is 6.10 Å². The number of methoxy groups -OCH3 is 1. The molecule has 0 aromatic rings. The van der Waals surface area contributed by atoms with Crippen LogP contribution in [0, 0.1) is 0 Å². The molecule has 4 nitrogen and oxygen atoms in total. The molecule has 1 unspecified atom stereocenters. The van der Waals surface area contributed by atoms with E-state index in [-0.39, 0.29) is 0 Å². The van der Waals surface area contributed by atoms with Gasteiger partial charge in [0.05, 0.1) is 7.11 Å². The Kier molecular flexibility index (Phi) is 4.18. The van der Waals surface area contributed by atoms with Crippen molar-refractivity contribution in [3.8, 4) is 0 Å². The zero-order valence-corrected chi connectivity index (χ0v) is 8.03. The first-order valence-corrected chi connectivity index (χ1v) is 4.72. The van der Waals surface area contributed by atoms with Crippen LogP contribution in [0.15, 0.2) is 0 Å². The van der Waals surface area contributed by atoms with Crippen molar-refractivity contribution in [2.75, 3.05) is 26.7 Å². The number of β-amino-alcohol motifs (C(OH)–C–C–N with tert-alkyl or cyclic N) is 1. The van der Waals surface area contributed by atoms with E-state index in [9.17, 15) is 9.90 Å². The average Bonchev–Trinajstić information content (AvgIpc) is 2.18. The second-order valence-electron chi connectivity index (χ2n) is 3.40. The van der Waals surface area contributed by atoms with Gasteiger partial charge >= 0.3 is 5.97 Å². The van der Waals surface area contributed by atoms with E-state index in [1.807, 2.05) is 0 Å². The summed E-state index contributed by atoms with van der Waals surface area (Å²) in [4.78, 5) is 13.0. The van der Waals surface area contributed by atoms with E-state index in [4.69, 9.17) is 0 Å². The minimum Gasteiger partial charge on any atom is -0.467 e. The molecule has 0 bridgehead atoms. The summed E-state index contributed by atoms with van der Waals surface area (Å²) in [5.74, 6) is -0.537. The van der Waals surface area contributed by atoms with Crippen molar-refractivity contribution in [1.82, 2.24) is 4.90 Å². The molecule has 1 aliphatic rings. The smallest absolute Gasteiger partial charge is 0.336 e. The molecule has 0 radical (unpaired) electrons. The predicted molar refractivity (Wildman–Crippen MR) is 48.3 cm³/mol. The highest BCUT2D eigenvalue weighted by Crippen LogP contribution is 2.08. The number of ether oxygens (including phenoxy) is 1. The molecule has 0 aliphatic carbocycles. The quantitative estimate of drug-likeness (QED) is 0.632. The third-order valence-corrected chi connectivity index (χ3v) is 2.35. The SMILES string of the molecule is COC(=O)C(O)CN1CCCCC1. The molecule has 1 rings (SSSR count). The summed E-state index contributed by atoms with van der Waals surface area (Å²) in [6.07, 6.45) is 2.59. The lowest BCUT2D eigenvalue weighted by molar-refractivity contribution is -0.151. The fourth-order valence-electron chi connectivity index (χ4n) is 1.60. The number of esters is 1. The van der Waals surface area contributed by atoms with Crippen LogP contribution in [0.5, 0.6) is 0 Å². The van der Waals surface area contributed by atoms with Crippen molar-refractivity contribution in [2.24, 2.45) is 0 Å². The van der Waals surface area contributed by atoms with Crippen LogP contribution in [0.4, 0.5) is 0 Å². The van der Waals surface area contributed by atoms with Gasteiger partial charge in [-0.1, -0.05) is 6.42 Å². The lowest BCUT2D eigenvalue weighted by atomic mass is 10.1. The molecule has 1 N–H and O–H groups in total. The third-order valence-electron chi connectivity index (χ3n) is 2.35. The Balaban J connectivity index is 2.25. The largest absolute Gasteiger partial charge is 0.467 e. The van der Waals surface area contributed by atoms with Gasteiger partial charge in [-0.2, -0.15) is 0 Å². The Morgan fingerprint density at radius 2 is 2.08 bits per heavy atom. The van der Waals surface area contributed by atoms with E-state index in [2.05, 4.69) is 9.64 Å². The Morgan fingerprint density at radius 1 is 1.46 bits per heavy atom. The zero-order chi connectivity index (χ0) is 9.68. The highest BCUT2D eigenvalue weighted by molar-refractivity contribution is 5.74. The van der Waals surface area contributed by atoms with E-state index in [1.165, 1.54) is 13.5 Å². The maximum atomic E-state index is 10.9. The van der Waals surface area contributed by atoms with Gasteiger partial charge in [-0.3, -0.25) is 0 Å². The molecule has 0 spiro atoms. The molecule has 1 atom stereocenters. The Labute approximate surface area is 78.5 Å². The topological polar surface area (TPSA) is 49.8 Å². The van der Waals surface area contributed by atoms with E-state index < -0.39 is 12.1 Å². The molecule has 76 valence electrons.